The normalized spacial score (nSPS) is 15.6. The van der Waals surface area contributed by atoms with Crippen LogP contribution in [0.15, 0.2) is 18.2 Å². The number of aromatic nitrogens is 1. The number of aliphatic hydroxyl groups is 1. The first-order valence-corrected chi connectivity index (χ1v) is 5.73. The molecule has 0 aromatic carbocycles. The Morgan fingerprint density at radius 1 is 1.50 bits per heavy atom. The zero-order valence-corrected chi connectivity index (χ0v) is 9.59. The van der Waals surface area contributed by atoms with E-state index in [4.69, 9.17) is 9.84 Å². The molecule has 88 valence electrons. The highest BCUT2D eigenvalue weighted by Gasteiger charge is 2.25. The van der Waals surface area contributed by atoms with E-state index in [1.807, 2.05) is 18.2 Å². The van der Waals surface area contributed by atoms with Crippen molar-refractivity contribution in [2.75, 3.05) is 25.2 Å². The van der Waals surface area contributed by atoms with E-state index in [0.29, 0.717) is 18.5 Å². The molecule has 1 aromatic rings. The van der Waals surface area contributed by atoms with Crippen LogP contribution in [-0.4, -0.2) is 36.4 Å². The topological polar surface area (TPSA) is 45.6 Å². The highest BCUT2D eigenvalue weighted by atomic mass is 16.5. The molecule has 0 atom stereocenters. The van der Waals surface area contributed by atoms with Crippen molar-refractivity contribution in [1.82, 2.24) is 4.98 Å². The minimum Gasteiger partial charge on any atom is -0.481 e. The lowest BCUT2D eigenvalue weighted by Gasteiger charge is -2.38. The Labute approximate surface area is 95.9 Å². The monoisotopic (exact) mass is 222 g/mol. The van der Waals surface area contributed by atoms with E-state index in [2.05, 4.69) is 9.88 Å². The molecule has 0 radical (unpaired) electrons. The summed E-state index contributed by atoms with van der Waals surface area (Å²) in [5, 5.41) is 9.09. The quantitative estimate of drug-likeness (QED) is 0.819. The lowest BCUT2D eigenvalue weighted by molar-refractivity contribution is 0.282. The Morgan fingerprint density at radius 2 is 2.31 bits per heavy atom. The van der Waals surface area contributed by atoms with Crippen LogP contribution in [0.5, 0.6) is 5.88 Å². The summed E-state index contributed by atoms with van der Waals surface area (Å²) >= 11 is 0. The van der Waals surface area contributed by atoms with Gasteiger partial charge in [0.25, 0.3) is 0 Å². The summed E-state index contributed by atoms with van der Waals surface area (Å²) in [6, 6.07) is 6.27. The molecule has 1 aliphatic rings. The van der Waals surface area contributed by atoms with Crippen LogP contribution in [0.1, 0.15) is 19.3 Å². The summed E-state index contributed by atoms with van der Waals surface area (Å²) < 4.78 is 5.11. The van der Waals surface area contributed by atoms with Crippen molar-refractivity contribution in [1.29, 1.82) is 0 Å². The molecule has 4 heteroatoms. The van der Waals surface area contributed by atoms with Gasteiger partial charge >= 0.3 is 0 Å². The van der Waals surface area contributed by atoms with Crippen LogP contribution in [0.4, 0.5) is 5.82 Å². The third-order valence-corrected chi connectivity index (χ3v) is 3.07. The number of rotatable bonds is 5. The van der Waals surface area contributed by atoms with E-state index in [1.54, 1.807) is 7.11 Å². The average molecular weight is 222 g/mol. The van der Waals surface area contributed by atoms with Crippen LogP contribution in [0, 0.1) is 0 Å². The predicted octanol–water partition coefficient (Wildman–Crippen LogP) is 1.44. The van der Waals surface area contributed by atoms with Crippen LogP contribution < -0.4 is 9.64 Å². The Morgan fingerprint density at radius 3 is 2.88 bits per heavy atom. The van der Waals surface area contributed by atoms with Gasteiger partial charge in [-0.1, -0.05) is 6.07 Å². The molecule has 0 aliphatic heterocycles. The zero-order valence-electron chi connectivity index (χ0n) is 9.59. The highest BCUT2D eigenvalue weighted by Crippen LogP contribution is 2.28. The van der Waals surface area contributed by atoms with Gasteiger partial charge in [-0.25, -0.2) is 0 Å². The van der Waals surface area contributed by atoms with Gasteiger partial charge in [0.05, 0.1) is 13.7 Å². The summed E-state index contributed by atoms with van der Waals surface area (Å²) in [5.41, 5.74) is 0. The first-order valence-electron chi connectivity index (χ1n) is 5.73. The van der Waals surface area contributed by atoms with Crippen molar-refractivity contribution >= 4 is 5.82 Å². The second-order valence-electron chi connectivity index (χ2n) is 4.04. The number of ether oxygens (including phenoxy) is 1. The first-order chi connectivity index (χ1) is 7.85. The van der Waals surface area contributed by atoms with Gasteiger partial charge in [-0.2, -0.15) is 4.98 Å². The predicted molar refractivity (Wildman–Crippen MR) is 62.9 cm³/mol. The minimum absolute atomic E-state index is 0.162. The Kier molecular flexibility index (Phi) is 3.62. The van der Waals surface area contributed by atoms with E-state index in [1.165, 1.54) is 19.3 Å². The second kappa shape index (κ2) is 5.16. The molecule has 1 saturated carbocycles. The van der Waals surface area contributed by atoms with Gasteiger partial charge in [0.2, 0.25) is 5.88 Å². The average Bonchev–Trinajstić information content (AvgIpc) is 2.26. The Bertz CT molecular complexity index is 340. The summed E-state index contributed by atoms with van der Waals surface area (Å²) in [6.07, 6.45) is 3.66. The number of hydrogen-bond donors (Lipinski definition) is 1. The fraction of sp³-hybridized carbons (Fsp3) is 0.583. The van der Waals surface area contributed by atoms with Gasteiger partial charge in [0.1, 0.15) is 5.82 Å². The maximum atomic E-state index is 9.09. The number of hydrogen-bond acceptors (Lipinski definition) is 4. The van der Waals surface area contributed by atoms with Crippen molar-refractivity contribution < 1.29 is 9.84 Å². The molecule has 0 bridgehead atoms. The van der Waals surface area contributed by atoms with Gasteiger partial charge in [-0.05, 0) is 25.3 Å². The molecular formula is C12H18N2O2. The number of aliphatic hydroxyl groups excluding tert-OH is 1. The van der Waals surface area contributed by atoms with Crippen molar-refractivity contribution in [2.45, 2.75) is 25.3 Å². The van der Waals surface area contributed by atoms with Crippen molar-refractivity contribution in [2.24, 2.45) is 0 Å². The molecular weight excluding hydrogens is 204 g/mol. The maximum Gasteiger partial charge on any atom is 0.214 e. The number of anilines is 1. The molecule has 16 heavy (non-hydrogen) atoms. The van der Waals surface area contributed by atoms with Crippen LogP contribution in [-0.2, 0) is 0 Å². The van der Waals surface area contributed by atoms with Crippen molar-refractivity contribution in [3.05, 3.63) is 18.2 Å². The molecule has 0 unspecified atom stereocenters. The zero-order chi connectivity index (χ0) is 11.4. The minimum atomic E-state index is 0.162. The highest BCUT2D eigenvalue weighted by molar-refractivity contribution is 5.42. The summed E-state index contributed by atoms with van der Waals surface area (Å²) in [6.45, 7) is 0.806. The van der Waals surface area contributed by atoms with Crippen LogP contribution >= 0.6 is 0 Å². The van der Waals surface area contributed by atoms with E-state index in [-0.39, 0.29) is 6.61 Å². The lowest BCUT2D eigenvalue weighted by Crippen LogP contribution is -2.42. The van der Waals surface area contributed by atoms with Gasteiger partial charge in [-0.3, -0.25) is 0 Å². The molecule has 1 aromatic heterocycles. The van der Waals surface area contributed by atoms with E-state index < -0.39 is 0 Å². The first kappa shape index (κ1) is 11.2. The molecule has 1 aliphatic carbocycles. The van der Waals surface area contributed by atoms with Crippen molar-refractivity contribution in [3.8, 4) is 5.88 Å². The van der Waals surface area contributed by atoms with Crippen LogP contribution in [0.3, 0.4) is 0 Å². The van der Waals surface area contributed by atoms with E-state index in [0.717, 1.165) is 5.82 Å². The number of nitrogens with zero attached hydrogens (tertiary/aromatic N) is 2. The molecule has 1 heterocycles. The molecule has 1 N–H and O–H groups in total. The summed E-state index contributed by atoms with van der Waals surface area (Å²) in [5.74, 6) is 1.53. The third kappa shape index (κ3) is 2.27. The third-order valence-electron chi connectivity index (χ3n) is 3.07. The fourth-order valence-corrected chi connectivity index (χ4v) is 1.97. The lowest BCUT2D eigenvalue weighted by atomic mass is 9.91. The maximum absolute atomic E-state index is 9.09. The molecule has 2 rings (SSSR count). The Balaban J connectivity index is 2.16. The molecule has 4 nitrogen and oxygen atoms in total. The van der Waals surface area contributed by atoms with Gasteiger partial charge in [0.15, 0.2) is 0 Å². The second-order valence-corrected chi connectivity index (χ2v) is 4.04. The van der Waals surface area contributed by atoms with Crippen molar-refractivity contribution in [3.63, 3.8) is 0 Å². The van der Waals surface area contributed by atoms with Gasteiger partial charge < -0.3 is 14.7 Å². The van der Waals surface area contributed by atoms with Crippen LogP contribution in [0.25, 0.3) is 0 Å². The summed E-state index contributed by atoms with van der Waals surface area (Å²) in [4.78, 5) is 6.58. The molecule has 0 amide bonds. The smallest absolute Gasteiger partial charge is 0.214 e. The SMILES string of the molecule is COc1cccc(N(CCO)C2CCC2)n1. The molecule has 1 fully saturated rings. The molecule has 0 saturated heterocycles. The Hall–Kier alpha value is -1.29. The van der Waals surface area contributed by atoms with E-state index >= 15 is 0 Å². The summed E-state index contributed by atoms with van der Waals surface area (Å²) in [7, 11) is 1.62. The molecule has 0 spiro atoms. The van der Waals surface area contributed by atoms with Crippen LogP contribution in [0.2, 0.25) is 0 Å². The number of pyridine rings is 1. The standard InChI is InChI=1S/C12H18N2O2/c1-16-12-7-3-6-11(13-12)14(8-9-15)10-4-2-5-10/h3,6-7,10,15H,2,4-5,8-9H2,1H3. The van der Waals surface area contributed by atoms with E-state index in [9.17, 15) is 0 Å². The van der Waals surface area contributed by atoms with Gasteiger partial charge in [-0.15, -0.1) is 0 Å². The largest absolute Gasteiger partial charge is 0.481 e. The van der Waals surface area contributed by atoms with Gasteiger partial charge in [0, 0.05) is 18.7 Å². The number of methoxy groups -OCH3 is 1. The fourth-order valence-electron chi connectivity index (χ4n) is 1.97.